The maximum Gasteiger partial charge on any atom is 0.225 e. The van der Waals surface area contributed by atoms with Gasteiger partial charge in [-0.1, -0.05) is 18.9 Å². The van der Waals surface area contributed by atoms with Crippen LogP contribution < -0.4 is 10.6 Å². The molecule has 5 nitrogen and oxygen atoms in total. The Kier molecular flexibility index (Phi) is 7.08. The largest absolute Gasteiger partial charge is 0.351 e. The fourth-order valence-corrected chi connectivity index (χ4v) is 4.07. The van der Waals surface area contributed by atoms with Crippen molar-refractivity contribution in [2.75, 3.05) is 0 Å². The summed E-state index contributed by atoms with van der Waals surface area (Å²) in [5, 5.41) is 6.00. The monoisotopic (exact) mass is 407 g/mol. The standard InChI is InChI=1S/C20H23F2N3O2S/c21-14-7-5-13(16(22)9-14)6-8-19(26)24-17-3-1-2-4-18(17)25-20(27)10-15-11-23-12-28-15/h5,7,9,11-12,17-18H,1-4,6,8,10H2,(H,24,26)(H,25,27)/t17-,18-/m1/s1. The quantitative estimate of drug-likeness (QED) is 0.741. The average molecular weight is 407 g/mol. The van der Waals surface area contributed by atoms with E-state index in [0.29, 0.717) is 5.56 Å². The van der Waals surface area contributed by atoms with E-state index < -0.39 is 11.6 Å². The predicted molar refractivity (Wildman–Crippen MR) is 103 cm³/mol. The molecule has 0 saturated heterocycles. The van der Waals surface area contributed by atoms with Gasteiger partial charge in [-0.25, -0.2) is 8.78 Å². The summed E-state index contributed by atoms with van der Waals surface area (Å²) >= 11 is 1.44. The molecule has 1 saturated carbocycles. The van der Waals surface area contributed by atoms with Crippen LogP contribution in [-0.2, 0) is 22.4 Å². The van der Waals surface area contributed by atoms with Crippen LogP contribution in [0, 0.1) is 11.6 Å². The number of hydrogen-bond acceptors (Lipinski definition) is 4. The molecule has 1 aliphatic rings. The second-order valence-corrected chi connectivity index (χ2v) is 7.98. The Balaban J connectivity index is 1.50. The van der Waals surface area contributed by atoms with E-state index in [9.17, 15) is 18.4 Å². The number of hydrogen-bond donors (Lipinski definition) is 2. The first-order chi connectivity index (χ1) is 13.5. The minimum absolute atomic E-state index is 0.0798. The lowest BCUT2D eigenvalue weighted by molar-refractivity contribution is -0.124. The van der Waals surface area contributed by atoms with Crippen LogP contribution >= 0.6 is 11.3 Å². The van der Waals surface area contributed by atoms with Gasteiger partial charge in [-0.15, -0.1) is 11.3 Å². The van der Waals surface area contributed by atoms with Gasteiger partial charge in [-0.2, -0.15) is 0 Å². The fraction of sp³-hybridized carbons (Fsp3) is 0.450. The van der Waals surface area contributed by atoms with Crippen LogP contribution in [0.15, 0.2) is 29.9 Å². The molecule has 0 aliphatic heterocycles. The Morgan fingerprint density at radius 1 is 1.11 bits per heavy atom. The van der Waals surface area contributed by atoms with Gasteiger partial charge in [0.1, 0.15) is 11.6 Å². The van der Waals surface area contributed by atoms with Crippen LogP contribution in [0.2, 0.25) is 0 Å². The molecule has 1 fully saturated rings. The molecular formula is C20H23F2N3O2S. The van der Waals surface area contributed by atoms with Crippen LogP contribution in [0.5, 0.6) is 0 Å². The summed E-state index contributed by atoms with van der Waals surface area (Å²) in [5.41, 5.74) is 2.01. The first kappa shape index (κ1) is 20.4. The lowest BCUT2D eigenvalue weighted by atomic mass is 9.90. The van der Waals surface area contributed by atoms with E-state index in [-0.39, 0.29) is 43.2 Å². The summed E-state index contributed by atoms with van der Waals surface area (Å²) in [7, 11) is 0. The molecule has 150 valence electrons. The summed E-state index contributed by atoms with van der Waals surface area (Å²) < 4.78 is 26.7. The van der Waals surface area contributed by atoms with Gasteiger partial charge in [0, 0.05) is 35.6 Å². The number of aryl methyl sites for hydroxylation is 1. The van der Waals surface area contributed by atoms with Crippen LogP contribution in [0.1, 0.15) is 42.5 Å². The van der Waals surface area contributed by atoms with Gasteiger partial charge in [-0.05, 0) is 30.9 Å². The number of carbonyl (C=O) groups is 2. The van der Waals surface area contributed by atoms with E-state index in [2.05, 4.69) is 15.6 Å². The summed E-state index contributed by atoms with van der Waals surface area (Å²) in [6.45, 7) is 0. The molecule has 1 aromatic carbocycles. The van der Waals surface area contributed by atoms with Gasteiger partial charge in [0.15, 0.2) is 0 Å². The third-order valence-corrected chi connectivity index (χ3v) is 5.69. The van der Waals surface area contributed by atoms with Gasteiger partial charge in [0.05, 0.1) is 11.9 Å². The Hall–Kier alpha value is -2.35. The van der Waals surface area contributed by atoms with Crippen LogP contribution in [0.4, 0.5) is 8.78 Å². The highest BCUT2D eigenvalue weighted by Crippen LogP contribution is 2.20. The first-order valence-electron chi connectivity index (χ1n) is 9.41. The highest BCUT2D eigenvalue weighted by molar-refractivity contribution is 7.09. The molecule has 0 bridgehead atoms. The summed E-state index contributed by atoms with van der Waals surface area (Å²) in [4.78, 5) is 29.5. The molecule has 8 heteroatoms. The molecule has 2 amide bonds. The number of carbonyl (C=O) groups excluding carboxylic acids is 2. The molecule has 1 heterocycles. The number of rotatable bonds is 7. The lowest BCUT2D eigenvalue weighted by Crippen LogP contribution is -2.53. The molecule has 2 N–H and O–H groups in total. The Bertz CT molecular complexity index is 814. The highest BCUT2D eigenvalue weighted by Gasteiger charge is 2.27. The molecule has 2 aromatic rings. The van der Waals surface area contributed by atoms with Crippen molar-refractivity contribution in [1.82, 2.24) is 15.6 Å². The zero-order valence-corrected chi connectivity index (χ0v) is 16.2. The maximum absolute atomic E-state index is 13.7. The lowest BCUT2D eigenvalue weighted by Gasteiger charge is -2.32. The fourth-order valence-electron chi connectivity index (χ4n) is 3.47. The summed E-state index contributed by atoms with van der Waals surface area (Å²) in [5.74, 6) is -1.55. The second-order valence-electron chi connectivity index (χ2n) is 7.01. The summed E-state index contributed by atoms with van der Waals surface area (Å²) in [6, 6.07) is 3.13. The van der Waals surface area contributed by atoms with Crippen molar-refractivity contribution in [3.05, 3.63) is 52.0 Å². The molecule has 0 unspecified atom stereocenters. The Morgan fingerprint density at radius 2 is 1.82 bits per heavy atom. The number of amides is 2. The Morgan fingerprint density at radius 3 is 2.46 bits per heavy atom. The molecule has 0 spiro atoms. The van der Waals surface area contributed by atoms with Crippen LogP contribution in [-0.4, -0.2) is 28.9 Å². The van der Waals surface area contributed by atoms with Gasteiger partial charge in [-0.3, -0.25) is 14.6 Å². The zero-order valence-electron chi connectivity index (χ0n) is 15.4. The molecule has 0 radical (unpaired) electrons. The van der Waals surface area contributed by atoms with E-state index >= 15 is 0 Å². The van der Waals surface area contributed by atoms with Crippen molar-refractivity contribution < 1.29 is 18.4 Å². The number of benzene rings is 1. The van der Waals surface area contributed by atoms with E-state index in [1.54, 1.807) is 11.7 Å². The second kappa shape index (κ2) is 9.73. The molecule has 3 rings (SSSR count). The molecule has 1 aliphatic carbocycles. The predicted octanol–water partition coefficient (Wildman–Crippen LogP) is 3.14. The average Bonchev–Trinajstić information content (AvgIpc) is 3.15. The van der Waals surface area contributed by atoms with Gasteiger partial charge in [0.25, 0.3) is 0 Å². The normalized spacial score (nSPS) is 19.2. The maximum atomic E-state index is 13.7. The zero-order chi connectivity index (χ0) is 19.9. The summed E-state index contributed by atoms with van der Waals surface area (Å²) in [6.07, 6.45) is 5.86. The SMILES string of the molecule is O=C(CCc1ccc(F)cc1F)N[C@@H]1CCCC[C@H]1NC(=O)Cc1cncs1. The van der Waals surface area contributed by atoms with Crippen molar-refractivity contribution in [2.45, 2.75) is 57.0 Å². The number of aromatic nitrogens is 1. The van der Waals surface area contributed by atoms with E-state index in [1.807, 2.05) is 0 Å². The van der Waals surface area contributed by atoms with Gasteiger partial charge >= 0.3 is 0 Å². The first-order valence-corrected chi connectivity index (χ1v) is 10.3. The number of halogens is 2. The molecule has 28 heavy (non-hydrogen) atoms. The minimum atomic E-state index is -0.640. The molecule has 1 aromatic heterocycles. The number of thiazole rings is 1. The van der Waals surface area contributed by atoms with Crippen LogP contribution in [0.25, 0.3) is 0 Å². The van der Waals surface area contributed by atoms with Crippen molar-refractivity contribution in [1.29, 1.82) is 0 Å². The highest BCUT2D eigenvalue weighted by atomic mass is 32.1. The van der Waals surface area contributed by atoms with Crippen molar-refractivity contribution in [3.63, 3.8) is 0 Å². The molecular weight excluding hydrogens is 384 g/mol. The van der Waals surface area contributed by atoms with E-state index in [4.69, 9.17) is 0 Å². The third kappa shape index (κ3) is 5.82. The van der Waals surface area contributed by atoms with Gasteiger partial charge < -0.3 is 10.6 Å². The Labute approximate surface area is 166 Å². The minimum Gasteiger partial charge on any atom is -0.351 e. The number of nitrogens with zero attached hydrogens (tertiary/aromatic N) is 1. The van der Waals surface area contributed by atoms with Gasteiger partial charge in [0.2, 0.25) is 11.8 Å². The van der Waals surface area contributed by atoms with Crippen molar-refractivity contribution in [3.8, 4) is 0 Å². The van der Waals surface area contributed by atoms with Crippen molar-refractivity contribution >= 4 is 23.2 Å². The number of nitrogens with one attached hydrogen (secondary N) is 2. The molecule has 2 atom stereocenters. The van der Waals surface area contributed by atoms with Crippen LogP contribution in [0.3, 0.4) is 0 Å². The van der Waals surface area contributed by atoms with Crippen molar-refractivity contribution in [2.24, 2.45) is 0 Å². The topological polar surface area (TPSA) is 71.1 Å². The van der Waals surface area contributed by atoms with E-state index in [1.165, 1.54) is 23.5 Å². The smallest absolute Gasteiger partial charge is 0.225 e. The van der Waals surface area contributed by atoms with E-state index in [0.717, 1.165) is 36.6 Å². The third-order valence-electron chi connectivity index (χ3n) is 4.91.